The summed E-state index contributed by atoms with van der Waals surface area (Å²) in [5.74, 6) is 0.477. The number of hydrogen-bond acceptors (Lipinski definition) is 4. The maximum atomic E-state index is 5.84. The van der Waals surface area contributed by atoms with Gasteiger partial charge in [0.2, 0.25) is 0 Å². The molecule has 1 aromatic carbocycles. The van der Waals surface area contributed by atoms with Crippen LogP contribution in [0.15, 0.2) is 24.5 Å². The lowest BCUT2D eigenvalue weighted by Gasteiger charge is -2.07. The third-order valence-electron chi connectivity index (χ3n) is 3.04. The molecule has 4 heteroatoms. The molecule has 0 atom stereocenters. The Bertz CT molecular complexity index is 734. The number of aromatic nitrogens is 3. The van der Waals surface area contributed by atoms with Crippen LogP contribution in [0, 0.1) is 13.8 Å². The fourth-order valence-corrected chi connectivity index (χ4v) is 2.03. The molecule has 0 aliphatic carbocycles. The maximum Gasteiger partial charge on any atom is 0.165 e. The third kappa shape index (κ3) is 1.41. The smallest absolute Gasteiger partial charge is 0.165 e. The van der Waals surface area contributed by atoms with E-state index in [9.17, 15) is 0 Å². The van der Waals surface area contributed by atoms with Crippen LogP contribution in [-0.2, 0) is 0 Å². The standard InChI is InChI=1S/C13H12N4/c1-7-3-4-8(2)11-9(7)5-10-12(14)15-6-16-13(10)17-11/h3-6H,1-2H3,(H2,14,15,16,17). The first-order valence-corrected chi connectivity index (χ1v) is 5.44. The molecule has 0 saturated carbocycles. The van der Waals surface area contributed by atoms with Crippen molar-refractivity contribution in [3.05, 3.63) is 35.7 Å². The first-order valence-electron chi connectivity index (χ1n) is 5.44. The number of nitrogens with two attached hydrogens (primary N) is 1. The van der Waals surface area contributed by atoms with E-state index in [1.165, 1.54) is 11.9 Å². The highest BCUT2D eigenvalue weighted by molar-refractivity contribution is 5.97. The molecular formula is C13H12N4. The first-order chi connectivity index (χ1) is 8.16. The van der Waals surface area contributed by atoms with E-state index in [-0.39, 0.29) is 0 Å². The summed E-state index contributed by atoms with van der Waals surface area (Å²) in [7, 11) is 0. The van der Waals surface area contributed by atoms with E-state index < -0.39 is 0 Å². The van der Waals surface area contributed by atoms with Crippen molar-refractivity contribution in [3.8, 4) is 0 Å². The number of anilines is 1. The molecule has 2 N–H and O–H groups in total. The lowest BCUT2D eigenvalue weighted by molar-refractivity contribution is 1.20. The summed E-state index contributed by atoms with van der Waals surface area (Å²) in [5, 5.41) is 1.92. The summed E-state index contributed by atoms with van der Waals surface area (Å²) in [4.78, 5) is 12.7. The van der Waals surface area contributed by atoms with Crippen LogP contribution in [0.4, 0.5) is 5.82 Å². The van der Waals surface area contributed by atoms with Crippen LogP contribution < -0.4 is 5.73 Å². The van der Waals surface area contributed by atoms with Crippen LogP contribution >= 0.6 is 0 Å². The lowest BCUT2D eigenvalue weighted by atomic mass is 10.0. The SMILES string of the molecule is Cc1ccc(C)c2nc3ncnc(N)c3cc12. The molecule has 0 radical (unpaired) electrons. The number of nitrogens with zero attached hydrogens (tertiary/aromatic N) is 3. The zero-order valence-corrected chi connectivity index (χ0v) is 9.73. The van der Waals surface area contributed by atoms with Gasteiger partial charge in [0.05, 0.1) is 10.9 Å². The van der Waals surface area contributed by atoms with Crippen molar-refractivity contribution >= 4 is 27.8 Å². The summed E-state index contributed by atoms with van der Waals surface area (Å²) in [6.45, 7) is 4.11. The van der Waals surface area contributed by atoms with Gasteiger partial charge in [-0.3, -0.25) is 0 Å². The van der Waals surface area contributed by atoms with E-state index in [0.29, 0.717) is 11.5 Å². The van der Waals surface area contributed by atoms with Crippen molar-refractivity contribution < 1.29 is 0 Å². The van der Waals surface area contributed by atoms with Gasteiger partial charge in [0.1, 0.15) is 12.1 Å². The zero-order chi connectivity index (χ0) is 12.0. The molecule has 0 spiro atoms. The van der Waals surface area contributed by atoms with Crippen LogP contribution in [0.2, 0.25) is 0 Å². The Morgan fingerprint density at radius 2 is 1.76 bits per heavy atom. The number of hydrogen-bond donors (Lipinski definition) is 1. The van der Waals surface area contributed by atoms with Gasteiger partial charge in [-0.1, -0.05) is 12.1 Å². The molecule has 0 saturated heterocycles. The summed E-state index contributed by atoms with van der Waals surface area (Å²) in [6.07, 6.45) is 1.45. The van der Waals surface area contributed by atoms with E-state index in [1.54, 1.807) is 0 Å². The van der Waals surface area contributed by atoms with Gasteiger partial charge in [-0.25, -0.2) is 15.0 Å². The summed E-state index contributed by atoms with van der Waals surface area (Å²) in [6, 6.07) is 6.18. The summed E-state index contributed by atoms with van der Waals surface area (Å²) < 4.78 is 0. The molecule has 2 aromatic heterocycles. The monoisotopic (exact) mass is 224 g/mol. The Kier molecular flexibility index (Phi) is 1.98. The Hall–Kier alpha value is -2.23. The largest absolute Gasteiger partial charge is 0.383 e. The number of pyridine rings is 1. The van der Waals surface area contributed by atoms with Crippen LogP contribution in [0.25, 0.3) is 21.9 Å². The van der Waals surface area contributed by atoms with E-state index in [2.05, 4.69) is 34.0 Å². The van der Waals surface area contributed by atoms with Gasteiger partial charge in [-0.05, 0) is 31.0 Å². The average Bonchev–Trinajstić information content (AvgIpc) is 2.33. The molecule has 0 bridgehead atoms. The van der Waals surface area contributed by atoms with Gasteiger partial charge in [-0.2, -0.15) is 0 Å². The van der Waals surface area contributed by atoms with Crippen molar-refractivity contribution in [2.24, 2.45) is 0 Å². The van der Waals surface area contributed by atoms with Crippen LogP contribution in [0.1, 0.15) is 11.1 Å². The van der Waals surface area contributed by atoms with E-state index in [4.69, 9.17) is 5.73 Å². The number of nitrogen functional groups attached to an aromatic ring is 1. The second kappa shape index (κ2) is 3.38. The molecule has 17 heavy (non-hydrogen) atoms. The van der Waals surface area contributed by atoms with E-state index in [0.717, 1.165) is 21.9 Å². The Balaban J connectivity index is 2.57. The number of aryl methyl sites for hydroxylation is 2. The molecule has 84 valence electrons. The van der Waals surface area contributed by atoms with Crippen LogP contribution in [-0.4, -0.2) is 15.0 Å². The maximum absolute atomic E-state index is 5.84. The predicted molar refractivity (Wildman–Crippen MR) is 68.7 cm³/mol. The third-order valence-corrected chi connectivity index (χ3v) is 3.04. The van der Waals surface area contributed by atoms with Crippen molar-refractivity contribution in [1.29, 1.82) is 0 Å². The topological polar surface area (TPSA) is 64.7 Å². The minimum atomic E-state index is 0.477. The molecule has 0 amide bonds. The second-order valence-corrected chi connectivity index (χ2v) is 4.21. The summed E-state index contributed by atoms with van der Waals surface area (Å²) >= 11 is 0. The number of fused-ring (bicyclic) bond motifs is 2. The quantitative estimate of drug-likeness (QED) is 0.595. The minimum Gasteiger partial charge on any atom is -0.383 e. The molecule has 0 fully saturated rings. The highest BCUT2D eigenvalue weighted by Crippen LogP contribution is 2.25. The van der Waals surface area contributed by atoms with Gasteiger partial charge < -0.3 is 5.73 Å². The van der Waals surface area contributed by atoms with Crippen molar-refractivity contribution in [3.63, 3.8) is 0 Å². The Morgan fingerprint density at radius 1 is 1.00 bits per heavy atom. The molecule has 0 aliphatic heterocycles. The van der Waals surface area contributed by atoms with E-state index in [1.807, 2.05) is 13.0 Å². The number of benzene rings is 1. The van der Waals surface area contributed by atoms with Gasteiger partial charge in [-0.15, -0.1) is 0 Å². The molecular weight excluding hydrogens is 212 g/mol. The number of rotatable bonds is 0. The Morgan fingerprint density at radius 3 is 2.59 bits per heavy atom. The van der Waals surface area contributed by atoms with Gasteiger partial charge in [0, 0.05) is 5.39 Å². The van der Waals surface area contributed by atoms with Gasteiger partial charge in [0.15, 0.2) is 5.65 Å². The van der Waals surface area contributed by atoms with E-state index >= 15 is 0 Å². The molecule has 4 nitrogen and oxygen atoms in total. The lowest BCUT2D eigenvalue weighted by Crippen LogP contribution is -1.96. The fourth-order valence-electron chi connectivity index (χ4n) is 2.03. The molecule has 0 unspecified atom stereocenters. The second-order valence-electron chi connectivity index (χ2n) is 4.21. The molecule has 3 aromatic rings. The van der Waals surface area contributed by atoms with Gasteiger partial charge in [0.25, 0.3) is 0 Å². The average molecular weight is 224 g/mol. The van der Waals surface area contributed by atoms with Crippen molar-refractivity contribution in [1.82, 2.24) is 15.0 Å². The van der Waals surface area contributed by atoms with Gasteiger partial charge >= 0.3 is 0 Å². The van der Waals surface area contributed by atoms with Crippen LogP contribution in [0.3, 0.4) is 0 Å². The highest BCUT2D eigenvalue weighted by Gasteiger charge is 2.07. The predicted octanol–water partition coefficient (Wildman–Crippen LogP) is 2.38. The fraction of sp³-hybridized carbons (Fsp3) is 0.154. The molecule has 2 heterocycles. The molecule has 3 rings (SSSR count). The normalized spacial score (nSPS) is 11.2. The first kappa shape index (κ1) is 9.96. The minimum absolute atomic E-state index is 0.477. The van der Waals surface area contributed by atoms with Crippen molar-refractivity contribution in [2.45, 2.75) is 13.8 Å². The highest BCUT2D eigenvalue weighted by atomic mass is 15.0. The van der Waals surface area contributed by atoms with Crippen molar-refractivity contribution in [2.75, 3.05) is 5.73 Å². The Labute approximate surface area is 98.5 Å². The van der Waals surface area contributed by atoms with Crippen LogP contribution in [0.5, 0.6) is 0 Å². The zero-order valence-electron chi connectivity index (χ0n) is 9.73. The summed E-state index contributed by atoms with van der Waals surface area (Å²) in [5.41, 5.74) is 9.80. The molecule has 0 aliphatic rings.